The van der Waals surface area contributed by atoms with Gasteiger partial charge in [0.2, 0.25) is 11.8 Å². The van der Waals surface area contributed by atoms with Gasteiger partial charge in [-0.3, -0.25) is 10.1 Å². The van der Waals surface area contributed by atoms with Crippen LogP contribution in [-0.4, -0.2) is 32.1 Å². The summed E-state index contributed by atoms with van der Waals surface area (Å²) in [6, 6.07) is 15.2. The summed E-state index contributed by atoms with van der Waals surface area (Å²) >= 11 is 1.01. The lowest BCUT2D eigenvalue weighted by molar-refractivity contribution is -0.113. The molecule has 0 saturated heterocycles. The van der Waals surface area contributed by atoms with Crippen molar-refractivity contribution < 1.29 is 18.0 Å². The second kappa shape index (κ2) is 8.01. The van der Waals surface area contributed by atoms with Crippen molar-refractivity contribution in [1.29, 1.82) is 0 Å². The fraction of sp³-hybridized carbons (Fsp3) is 0.0556. The molecule has 2 aromatic carbocycles. The van der Waals surface area contributed by atoms with E-state index in [1.807, 2.05) is 30.3 Å². The molecule has 0 aliphatic carbocycles. The maximum absolute atomic E-state index is 13.7. The molecular weight excluding hydrogens is 385 g/mol. The molecule has 0 unspecified atom stereocenters. The number of amides is 1. The fourth-order valence-electron chi connectivity index (χ4n) is 2.27. The highest BCUT2D eigenvalue weighted by Crippen LogP contribution is 2.25. The van der Waals surface area contributed by atoms with Gasteiger partial charge in [0, 0.05) is 5.56 Å². The molecular formula is C18H12FN5O3S. The quantitative estimate of drug-likeness (QED) is 0.491. The number of carbonyl (C=O) groups is 1. The summed E-state index contributed by atoms with van der Waals surface area (Å²) in [5.41, 5.74) is 0.946. The molecule has 0 saturated carbocycles. The second-order valence-corrected chi connectivity index (χ2v) is 6.39. The Morgan fingerprint density at radius 2 is 1.68 bits per heavy atom. The molecule has 0 aliphatic heterocycles. The molecule has 28 heavy (non-hydrogen) atoms. The first-order valence-corrected chi connectivity index (χ1v) is 9.07. The van der Waals surface area contributed by atoms with Crippen molar-refractivity contribution in [2.24, 2.45) is 0 Å². The number of anilines is 1. The number of aromatic nitrogens is 4. The molecule has 0 radical (unpaired) electrons. The number of benzene rings is 2. The van der Waals surface area contributed by atoms with Crippen LogP contribution in [-0.2, 0) is 4.79 Å². The van der Waals surface area contributed by atoms with Crippen molar-refractivity contribution in [3.05, 3.63) is 60.4 Å². The zero-order chi connectivity index (χ0) is 19.3. The first-order chi connectivity index (χ1) is 13.7. The van der Waals surface area contributed by atoms with Crippen molar-refractivity contribution in [1.82, 2.24) is 20.4 Å². The Morgan fingerprint density at radius 1 is 0.929 bits per heavy atom. The Labute approximate surface area is 162 Å². The third kappa shape index (κ3) is 4.07. The average Bonchev–Trinajstić information content (AvgIpc) is 3.37. The molecule has 8 nitrogen and oxygen atoms in total. The average molecular weight is 397 g/mol. The van der Waals surface area contributed by atoms with Gasteiger partial charge in [0.1, 0.15) is 5.82 Å². The summed E-state index contributed by atoms with van der Waals surface area (Å²) < 4.78 is 24.5. The third-order valence-electron chi connectivity index (χ3n) is 3.53. The van der Waals surface area contributed by atoms with E-state index in [0.717, 1.165) is 17.3 Å². The summed E-state index contributed by atoms with van der Waals surface area (Å²) in [5.74, 6) is -0.535. The molecule has 2 heterocycles. The van der Waals surface area contributed by atoms with Gasteiger partial charge in [-0.05, 0) is 24.3 Å². The van der Waals surface area contributed by atoms with Crippen LogP contribution in [0.15, 0.2) is 68.7 Å². The first-order valence-electron chi connectivity index (χ1n) is 8.09. The topological polar surface area (TPSA) is 107 Å². The maximum atomic E-state index is 13.7. The Balaban J connectivity index is 1.34. The Kier molecular flexibility index (Phi) is 5.11. The smallest absolute Gasteiger partial charge is 0.322 e. The van der Waals surface area contributed by atoms with Crippen LogP contribution in [0.2, 0.25) is 0 Å². The highest BCUT2D eigenvalue weighted by atomic mass is 32.2. The number of rotatable bonds is 6. The van der Waals surface area contributed by atoms with Gasteiger partial charge in [0.05, 0.1) is 11.3 Å². The zero-order valence-corrected chi connectivity index (χ0v) is 15.0. The number of carbonyl (C=O) groups excluding carboxylic acids is 1. The molecule has 0 aliphatic rings. The van der Waals surface area contributed by atoms with E-state index in [-0.39, 0.29) is 34.4 Å². The van der Waals surface area contributed by atoms with E-state index in [4.69, 9.17) is 8.83 Å². The molecule has 0 fully saturated rings. The molecule has 2 aromatic heterocycles. The summed E-state index contributed by atoms with van der Waals surface area (Å²) in [6.07, 6.45) is 0. The molecule has 1 N–H and O–H groups in total. The number of nitrogens with zero attached hydrogens (tertiary/aromatic N) is 4. The Hall–Kier alpha value is -3.53. The largest absolute Gasteiger partial charge is 0.411 e. The summed E-state index contributed by atoms with van der Waals surface area (Å²) in [5, 5.41) is 17.9. The van der Waals surface area contributed by atoms with E-state index in [1.54, 1.807) is 12.1 Å². The van der Waals surface area contributed by atoms with Gasteiger partial charge in [0.15, 0.2) is 0 Å². The lowest BCUT2D eigenvalue weighted by Gasteiger charge is -1.98. The van der Waals surface area contributed by atoms with Gasteiger partial charge in [-0.25, -0.2) is 4.39 Å². The second-order valence-electron chi connectivity index (χ2n) is 5.47. The SMILES string of the molecule is O=C(CSc1nnc(-c2ccccc2F)o1)Nc1nnc(-c2ccccc2)o1. The van der Waals surface area contributed by atoms with Gasteiger partial charge < -0.3 is 8.83 Å². The van der Waals surface area contributed by atoms with E-state index in [9.17, 15) is 9.18 Å². The number of nitrogens with one attached hydrogen (secondary N) is 1. The van der Waals surface area contributed by atoms with Gasteiger partial charge in [-0.2, -0.15) is 0 Å². The predicted molar refractivity (Wildman–Crippen MR) is 98.8 cm³/mol. The Morgan fingerprint density at radius 3 is 2.50 bits per heavy atom. The van der Waals surface area contributed by atoms with Crippen LogP contribution in [0.3, 0.4) is 0 Å². The Bertz CT molecular complexity index is 1100. The number of halogens is 1. The van der Waals surface area contributed by atoms with E-state index in [2.05, 4.69) is 25.7 Å². The number of hydrogen-bond donors (Lipinski definition) is 1. The van der Waals surface area contributed by atoms with E-state index in [0.29, 0.717) is 5.89 Å². The van der Waals surface area contributed by atoms with Gasteiger partial charge >= 0.3 is 6.01 Å². The standard InChI is InChI=1S/C18H12FN5O3S/c19-13-9-5-4-8-12(13)16-22-24-18(27-16)28-10-14(25)20-17-23-21-15(26-17)11-6-2-1-3-7-11/h1-9H,10H2,(H,20,23,25). The zero-order valence-electron chi connectivity index (χ0n) is 14.2. The van der Waals surface area contributed by atoms with Crippen LogP contribution in [0.5, 0.6) is 0 Å². The van der Waals surface area contributed by atoms with Crippen LogP contribution in [0.25, 0.3) is 22.9 Å². The minimum Gasteiger partial charge on any atom is -0.411 e. The van der Waals surface area contributed by atoms with E-state index < -0.39 is 5.82 Å². The van der Waals surface area contributed by atoms with Crippen molar-refractivity contribution in [2.75, 3.05) is 11.1 Å². The van der Waals surface area contributed by atoms with Gasteiger partial charge in [-0.1, -0.05) is 47.2 Å². The van der Waals surface area contributed by atoms with Crippen molar-refractivity contribution >= 4 is 23.7 Å². The fourth-order valence-corrected chi connectivity index (χ4v) is 2.83. The van der Waals surface area contributed by atoms with E-state index >= 15 is 0 Å². The highest BCUT2D eigenvalue weighted by Gasteiger charge is 2.15. The minimum atomic E-state index is -0.467. The first kappa shape index (κ1) is 17.9. The monoisotopic (exact) mass is 397 g/mol. The lowest BCUT2D eigenvalue weighted by atomic mass is 10.2. The third-order valence-corrected chi connectivity index (χ3v) is 4.35. The summed E-state index contributed by atoms with van der Waals surface area (Å²) in [6.45, 7) is 0. The molecule has 140 valence electrons. The molecule has 4 rings (SSSR count). The van der Waals surface area contributed by atoms with Crippen LogP contribution < -0.4 is 5.32 Å². The normalized spacial score (nSPS) is 10.8. The van der Waals surface area contributed by atoms with Crippen LogP contribution >= 0.6 is 11.8 Å². The van der Waals surface area contributed by atoms with Crippen LogP contribution in [0.4, 0.5) is 10.4 Å². The number of thioether (sulfide) groups is 1. The van der Waals surface area contributed by atoms with Gasteiger partial charge in [-0.15, -0.1) is 15.3 Å². The molecule has 0 bridgehead atoms. The molecule has 10 heteroatoms. The van der Waals surface area contributed by atoms with Crippen molar-refractivity contribution in [3.8, 4) is 22.9 Å². The summed E-state index contributed by atoms with van der Waals surface area (Å²) in [7, 11) is 0. The minimum absolute atomic E-state index is 0.0120. The van der Waals surface area contributed by atoms with Crippen molar-refractivity contribution in [2.45, 2.75) is 5.22 Å². The van der Waals surface area contributed by atoms with Gasteiger partial charge in [0.25, 0.3) is 11.1 Å². The lowest BCUT2D eigenvalue weighted by Crippen LogP contribution is -2.14. The predicted octanol–water partition coefficient (Wildman–Crippen LogP) is 3.66. The maximum Gasteiger partial charge on any atom is 0.322 e. The molecule has 0 spiro atoms. The van der Waals surface area contributed by atoms with Crippen LogP contribution in [0.1, 0.15) is 0 Å². The molecule has 1 amide bonds. The van der Waals surface area contributed by atoms with E-state index in [1.165, 1.54) is 12.1 Å². The molecule has 4 aromatic rings. The molecule has 0 atom stereocenters. The highest BCUT2D eigenvalue weighted by molar-refractivity contribution is 7.99. The van der Waals surface area contributed by atoms with Crippen molar-refractivity contribution in [3.63, 3.8) is 0 Å². The number of hydrogen-bond acceptors (Lipinski definition) is 8. The summed E-state index contributed by atoms with van der Waals surface area (Å²) in [4.78, 5) is 12.1. The van der Waals surface area contributed by atoms with Crippen LogP contribution in [0, 0.1) is 5.82 Å².